The second-order valence-corrected chi connectivity index (χ2v) is 6.98. The summed E-state index contributed by atoms with van der Waals surface area (Å²) in [6.45, 7) is 6.30. The standard InChI is InChI=1S/C17H33N3O/c1-14-5-2-3-11-20(14)12-4-10-19-17(21)16-8-6-15(13-18)7-9-16/h14-16H,2-13,18H2,1H3,(H,19,21). The first-order chi connectivity index (χ1) is 10.2. The van der Waals surface area contributed by atoms with Crippen molar-refractivity contribution in [3.05, 3.63) is 0 Å². The molecule has 2 fully saturated rings. The highest BCUT2D eigenvalue weighted by Crippen LogP contribution is 2.28. The zero-order valence-electron chi connectivity index (χ0n) is 13.7. The molecular weight excluding hydrogens is 262 g/mol. The van der Waals surface area contributed by atoms with Crippen molar-refractivity contribution in [1.29, 1.82) is 0 Å². The second-order valence-electron chi connectivity index (χ2n) is 6.98. The van der Waals surface area contributed by atoms with Gasteiger partial charge in [-0.15, -0.1) is 0 Å². The van der Waals surface area contributed by atoms with E-state index in [1.165, 1.54) is 25.8 Å². The van der Waals surface area contributed by atoms with Crippen LogP contribution in [0.1, 0.15) is 58.3 Å². The van der Waals surface area contributed by atoms with Gasteiger partial charge in [-0.2, -0.15) is 0 Å². The zero-order chi connectivity index (χ0) is 15.1. The molecule has 1 saturated carbocycles. The Balaban J connectivity index is 1.57. The first-order valence-electron chi connectivity index (χ1n) is 8.92. The molecule has 0 aromatic rings. The fourth-order valence-electron chi connectivity index (χ4n) is 3.79. The number of rotatable bonds is 6. The topological polar surface area (TPSA) is 58.4 Å². The van der Waals surface area contributed by atoms with Crippen LogP contribution in [0.3, 0.4) is 0 Å². The minimum absolute atomic E-state index is 0.238. The molecule has 122 valence electrons. The highest BCUT2D eigenvalue weighted by molar-refractivity contribution is 5.78. The lowest BCUT2D eigenvalue weighted by atomic mass is 9.81. The Labute approximate surface area is 129 Å². The molecule has 0 spiro atoms. The highest BCUT2D eigenvalue weighted by atomic mass is 16.1. The number of carbonyl (C=O) groups is 1. The molecule has 2 rings (SSSR count). The zero-order valence-corrected chi connectivity index (χ0v) is 13.7. The van der Waals surface area contributed by atoms with E-state index in [4.69, 9.17) is 5.73 Å². The molecule has 4 heteroatoms. The average Bonchev–Trinajstić information content (AvgIpc) is 2.53. The maximum absolute atomic E-state index is 12.2. The normalized spacial score (nSPS) is 31.0. The third-order valence-corrected chi connectivity index (χ3v) is 5.41. The van der Waals surface area contributed by atoms with Crippen LogP contribution in [-0.4, -0.2) is 43.0 Å². The number of piperidine rings is 1. The Morgan fingerprint density at radius 2 is 1.95 bits per heavy atom. The SMILES string of the molecule is CC1CCCCN1CCCNC(=O)C1CCC(CN)CC1. The fourth-order valence-corrected chi connectivity index (χ4v) is 3.79. The van der Waals surface area contributed by atoms with Crippen molar-refractivity contribution in [3.8, 4) is 0 Å². The van der Waals surface area contributed by atoms with E-state index >= 15 is 0 Å². The quantitative estimate of drug-likeness (QED) is 0.738. The van der Waals surface area contributed by atoms with Crippen molar-refractivity contribution in [3.63, 3.8) is 0 Å². The van der Waals surface area contributed by atoms with Crippen LogP contribution in [0.25, 0.3) is 0 Å². The van der Waals surface area contributed by atoms with Crippen LogP contribution in [-0.2, 0) is 4.79 Å². The van der Waals surface area contributed by atoms with E-state index in [0.717, 1.165) is 57.8 Å². The molecule has 4 nitrogen and oxygen atoms in total. The summed E-state index contributed by atoms with van der Waals surface area (Å²) >= 11 is 0. The molecule has 0 aromatic carbocycles. The van der Waals surface area contributed by atoms with Crippen molar-refractivity contribution < 1.29 is 4.79 Å². The average molecular weight is 295 g/mol. The Bertz CT molecular complexity index is 313. The molecular formula is C17H33N3O. The molecule has 21 heavy (non-hydrogen) atoms. The molecule has 0 bridgehead atoms. The predicted octanol–water partition coefficient (Wildman–Crippen LogP) is 2.13. The summed E-state index contributed by atoms with van der Waals surface area (Å²) in [4.78, 5) is 14.7. The summed E-state index contributed by atoms with van der Waals surface area (Å²) in [6, 6.07) is 0.723. The van der Waals surface area contributed by atoms with E-state index in [-0.39, 0.29) is 11.8 Å². The summed E-state index contributed by atoms with van der Waals surface area (Å²) < 4.78 is 0. The summed E-state index contributed by atoms with van der Waals surface area (Å²) in [5.41, 5.74) is 5.70. The number of nitrogens with two attached hydrogens (primary N) is 1. The van der Waals surface area contributed by atoms with E-state index < -0.39 is 0 Å². The lowest BCUT2D eigenvalue weighted by Crippen LogP contribution is -2.40. The summed E-state index contributed by atoms with van der Waals surface area (Å²) in [6.07, 6.45) is 9.42. The molecule has 3 N–H and O–H groups in total. The van der Waals surface area contributed by atoms with Crippen molar-refractivity contribution >= 4 is 5.91 Å². The maximum Gasteiger partial charge on any atom is 0.223 e. The number of likely N-dealkylation sites (tertiary alicyclic amines) is 1. The smallest absolute Gasteiger partial charge is 0.223 e. The molecule has 1 atom stereocenters. The van der Waals surface area contributed by atoms with Crippen LogP contribution in [0, 0.1) is 11.8 Å². The van der Waals surface area contributed by atoms with Gasteiger partial charge < -0.3 is 16.0 Å². The first-order valence-corrected chi connectivity index (χ1v) is 8.92. The number of hydrogen-bond acceptors (Lipinski definition) is 3. The van der Waals surface area contributed by atoms with Crippen LogP contribution in [0.2, 0.25) is 0 Å². The molecule has 0 aromatic heterocycles. The first kappa shape index (κ1) is 16.8. The van der Waals surface area contributed by atoms with Gasteiger partial charge in [0, 0.05) is 25.0 Å². The Morgan fingerprint density at radius 1 is 1.19 bits per heavy atom. The minimum atomic E-state index is 0.238. The van der Waals surface area contributed by atoms with Crippen molar-refractivity contribution in [2.24, 2.45) is 17.6 Å². The van der Waals surface area contributed by atoms with Crippen molar-refractivity contribution in [2.45, 2.75) is 64.3 Å². The second kappa shape index (κ2) is 8.74. The van der Waals surface area contributed by atoms with Gasteiger partial charge in [-0.25, -0.2) is 0 Å². The number of nitrogens with one attached hydrogen (secondary N) is 1. The van der Waals surface area contributed by atoms with Gasteiger partial charge in [-0.3, -0.25) is 4.79 Å². The lowest BCUT2D eigenvalue weighted by molar-refractivity contribution is -0.126. The number of carbonyl (C=O) groups excluding carboxylic acids is 1. The molecule has 1 aliphatic carbocycles. The Kier molecular flexibility index (Phi) is 6.97. The molecule has 0 radical (unpaired) electrons. The van der Waals surface area contributed by atoms with E-state index in [9.17, 15) is 4.79 Å². The van der Waals surface area contributed by atoms with Gasteiger partial charge >= 0.3 is 0 Å². The van der Waals surface area contributed by atoms with Crippen LogP contribution in [0.5, 0.6) is 0 Å². The number of amides is 1. The van der Waals surface area contributed by atoms with E-state index in [0.29, 0.717) is 5.92 Å². The fraction of sp³-hybridized carbons (Fsp3) is 0.941. The third-order valence-electron chi connectivity index (χ3n) is 5.41. The van der Waals surface area contributed by atoms with Crippen LogP contribution in [0.15, 0.2) is 0 Å². The number of nitrogens with zero attached hydrogens (tertiary/aromatic N) is 1. The van der Waals surface area contributed by atoms with E-state index in [1.54, 1.807) is 0 Å². The van der Waals surface area contributed by atoms with E-state index in [1.807, 2.05) is 0 Å². The molecule has 1 amide bonds. The number of hydrogen-bond donors (Lipinski definition) is 2. The summed E-state index contributed by atoms with van der Waals surface area (Å²) in [7, 11) is 0. The highest BCUT2D eigenvalue weighted by Gasteiger charge is 2.25. The van der Waals surface area contributed by atoms with Crippen molar-refractivity contribution in [1.82, 2.24) is 10.2 Å². The monoisotopic (exact) mass is 295 g/mol. The minimum Gasteiger partial charge on any atom is -0.356 e. The third kappa shape index (κ3) is 5.26. The van der Waals surface area contributed by atoms with Gasteiger partial charge in [0.1, 0.15) is 0 Å². The van der Waals surface area contributed by atoms with Crippen LogP contribution in [0.4, 0.5) is 0 Å². The Hall–Kier alpha value is -0.610. The lowest BCUT2D eigenvalue weighted by Gasteiger charge is -2.33. The van der Waals surface area contributed by atoms with Gasteiger partial charge in [-0.05, 0) is 70.9 Å². The predicted molar refractivity (Wildman–Crippen MR) is 87.0 cm³/mol. The van der Waals surface area contributed by atoms with Gasteiger partial charge in [0.25, 0.3) is 0 Å². The van der Waals surface area contributed by atoms with Gasteiger partial charge in [0.2, 0.25) is 5.91 Å². The van der Waals surface area contributed by atoms with Gasteiger partial charge in [0.05, 0.1) is 0 Å². The maximum atomic E-state index is 12.2. The summed E-state index contributed by atoms with van der Waals surface area (Å²) in [5, 5.41) is 3.14. The molecule has 1 unspecified atom stereocenters. The van der Waals surface area contributed by atoms with Crippen molar-refractivity contribution in [2.75, 3.05) is 26.2 Å². The summed E-state index contributed by atoms with van der Waals surface area (Å²) in [5.74, 6) is 1.16. The van der Waals surface area contributed by atoms with E-state index in [2.05, 4.69) is 17.1 Å². The molecule has 2 aliphatic rings. The van der Waals surface area contributed by atoms with Crippen LogP contribution < -0.4 is 11.1 Å². The largest absolute Gasteiger partial charge is 0.356 e. The van der Waals surface area contributed by atoms with Gasteiger partial charge in [0.15, 0.2) is 0 Å². The van der Waals surface area contributed by atoms with Crippen LogP contribution >= 0.6 is 0 Å². The molecule has 1 saturated heterocycles. The molecule has 1 heterocycles. The van der Waals surface area contributed by atoms with Gasteiger partial charge in [-0.1, -0.05) is 6.42 Å². The Morgan fingerprint density at radius 3 is 2.62 bits per heavy atom. The molecule has 1 aliphatic heterocycles.